The lowest BCUT2D eigenvalue weighted by molar-refractivity contribution is -0.128. The summed E-state index contributed by atoms with van der Waals surface area (Å²) in [5, 5.41) is 17.8. The average Bonchev–Trinajstić information content (AvgIpc) is 2.74. The Morgan fingerprint density at radius 3 is 2.40 bits per heavy atom. The summed E-state index contributed by atoms with van der Waals surface area (Å²) in [6.07, 6.45) is 5.14. The summed E-state index contributed by atoms with van der Waals surface area (Å²) in [6.45, 7) is 4.55. The first-order valence-electron chi connectivity index (χ1n) is 10.2. The van der Waals surface area contributed by atoms with Crippen LogP contribution in [0.2, 0.25) is 0 Å². The number of rotatable bonds is 13. The fourth-order valence-corrected chi connectivity index (χ4v) is 2.95. The van der Waals surface area contributed by atoms with Gasteiger partial charge in [-0.15, -0.1) is 0 Å². The number of carbonyl (C=O) groups excluding carboxylic acids is 3. The molecule has 7 nitrogen and oxygen atoms in total. The van der Waals surface area contributed by atoms with Crippen LogP contribution in [0.4, 0.5) is 0 Å². The molecule has 0 aliphatic heterocycles. The molecule has 2 amide bonds. The molecular weight excluding hydrogens is 380 g/mol. The Morgan fingerprint density at radius 2 is 1.83 bits per heavy atom. The minimum absolute atomic E-state index is 0.165. The zero-order valence-electron chi connectivity index (χ0n) is 17.9. The average molecular weight is 413 g/mol. The van der Waals surface area contributed by atoms with Crippen molar-refractivity contribution in [3.05, 3.63) is 42.0 Å². The quantitative estimate of drug-likeness (QED) is 0.339. The fraction of sp³-hybridized carbons (Fsp3) is 0.478. The molecule has 0 radical (unpaired) electrons. The first kappa shape index (κ1) is 25.1. The standard InChI is InChI=1S/C23H32N4O3/c1-17(2)13-21(27-22(29)10-9-18-7-5-4-6-8-18)23(30)26-20(15-24)14-19(16-28)11-12-25-3/h4-10,16-17,19-21,25H,11-14H2,1-3H3,(H,26,30)(H,27,29)/b10-9+. The van der Waals surface area contributed by atoms with Gasteiger partial charge in [-0.2, -0.15) is 5.26 Å². The fourth-order valence-electron chi connectivity index (χ4n) is 2.95. The van der Waals surface area contributed by atoms with Crippen LogP contribution in [0.3, 0.4) is 0 Å². The monoisotopic (exact) mass is 412 g/mol. The number of amides is 2. The molecule has 0 aliphatic rings. The Balaban J connectivity index is 2.74. The normalized spacial score (nSPS) is 14.0. The Morgan fingerprint density at radius 1 is 1.13 bits per heavy atom. The van der Waals surface area contributed by atoms with E-state index in [1.165, 1.54) is 6.08 Å². The van der Waals surface area contributed by atoms with E-state index in [2.05, 4.69) is 16.0 Å². The molecule has 7 heteroatoms. The van der Waals surface area contributed by atoms with Gasteiger partial charge in [0.2, 0.25) is 11.8 Å². The number of benzene rings is 1. The number of nitrogens with one attached hydrogen (secondary N) is 3. The zero-order valence-corrected chi connectivity index (χ0v) is 17.9. The summed E-state index contributed by atoms with van der Waals surface area (Å²) in [5.41, 5.74) is 0.878. The van der Waals surface area contributed by atoms with Gasteiger partial charge in [0.05, 0.1) is 6.07 Å². The Hall–Kier alpha value is -2.98. The maximum atomic E-state index is 12.7. The molecule has 0 aromatic heterocycles. The largest absolute Gasteiger partial charge is 0.341 e. The van der Waals surface area contributed by atoms with Crippen LogP contribution >= 0.6 is 0 Å². The van der Waals surface area contributed by atoms with Crippen molar-refractivity contribution in [1.82, 2.24) is 16.0 Å². The summed E-state index contributed by atoms with van der Waals surface area (Å²) in [7, 11) is 1.79. The van der Waals surface area contributed by atoms with Crippen molar-refractivity contribution in [2.45, 2.75) is 45.2 Å². The Kier molecular flexibility index (Phi) is 11.8. The molecule has 3 atom stereocenters. The molecule has 162 valence electrons. The third-order valence-corrected chi connectivity index (χ3v) is 4.54. The van der Waals surface area contributed by atoms with Crippen molar-refractivity contribution in [3.63, 3.8) is 0 Å². The lowest BCUT2D eigenvalue weighted by atomic mass is 9.97. The minimum atomic E-state index is -0.795. The summed E-state index contributed by atoms with van der Waals surface area (Å²) < 4.78 is 0. The molecule has 0 bridgehead atoms. The summed E-state index contributed by atoms with van der Waals surface area (Å²) >= 11 is 0. The molecule has 0 spiro atoms. The predicted octanol–water partition coefficient (Wildman–Crippen LogP) is 2.05. The van der Waals surface area contributed by atoms with E-state index in [4.69, 9.17) is 0 Å². The number of nitriles is 1. The van der Waals surface area contributed by atoms with E-state index in [-0.39, 0.29) is 24.2 Å². The molecule has 0 saturated carbocycles. The van der Waals surface area contributed by atoms with E-state index in [0.717, 1.165) is 11.8 Å². The maximum Gasteiger partial charge on any atom is 0.244 e. The second-order valence-electron chi connectivity index (χ2n) is 7.65. The minimum Gasteiger partial charge on any atom is -0.341 e. The molecule has 30 heavy (non-hydrogen) atoms. The first-order chi connectivity index (χ1) is 14.4. The highest BCUT2D eigenvalue weighted by molar-refractivity contribution is 5.95. The molecule has 0 fully saturated rings. The van der Waals surface area contributed by atoms with E-state index in [1.54, 1.807) is 13.1 Å². The summed E-state index contributed by atoms with van der Waals surface area (Å²) in [5.74, 6) is -0.963. The zero-order chi connectivity index (χ0) is 22.4. The number of hydrogen-bond acceptors (Lipinski definition) is 5. The van der Waals surface area contributed by atoms with Crippen molar-refractivity contribution in [2.24, 2.45) is 11.8 Å². The van der Waals surface area contributed by atoms with E-state index in [0.29, 0.717) is 19.4 Å². The third kappa shape index (κ3) is 9.99. The van der Waals surface area contributed by atoms with Crippen molar-refractivity contribution in [3.8, 4) is 6.07 Å². The Labute approximate surface area is 178 Å². The van der Waals surface area contributed by atoms with E-state index in [1.807, 2.05) is 50.2 Å². The van der Waals surface area contributed by atoms with Gasteiger partial charge in [0.25, 0.3) is 0 Å². The molecule has 1 rings (SSSR count). The number of hydrogen-bond donors (Lipinski definition) is 3. The molecule has 0 aliphatic carbocycles. The second kappa shape index (κ2) is 14.1. The first-order valence-corrected chi connectivity index (χ1v) is 10.2. The van der Waals surface area contributed by atoms with Gasteiger partial charge >= 0.3 is 0 Å². The van der Waals surface area contributed by atoms with Crippen LogP contribution in [0, 0.1) is 23.2 Å². The Bertz CT molecular complexity index is 741. The smallest absolute Gasteiger partial charge is 0.244 e. The highest BCUT2D eigenvalue weighted by Crippen LogP contribution is 2.10. The van der Waals surface area contributed by atoms with Crippen LogP contribution in [0.25, 0.3) is 6.08 Å². The van der Waals surface area contributed by atoms with E-state index in [9.17, 15) is 19.6 Å². The molecular formula is C23H32N4O3. The van der Waals surface area contributed by atoms with Crippen molar-refractivity contribution < 1.29 is 14.4 Å². The van der Waals surface area contributed by atoms with Crippen molar-refractivity contribution >= 4 is 24.2 Å². The molecule has 0 heterocycles. The summed E-state index contributed by atoms with van der Waals surface area (Å²) in [4.78, 5) is 36.3. The van der Waals surface area contributed by atoms with Gasteiger partial charge < -0.3 is 20.7 Å². The van der Waals surface area contributed by atoms with Crippen LogP contribution in [0.15, 0.2) is 36.4 Å². The van der Waals surface area contributed by atoms with E-state index < -0.39 is 18.0 Å². The van der Waals surface area contributed by atoms with Crippen molar-refractivity contribution in [2.75, 3.05) is 13.6 Å². The maximum absolute atomic E-state index is 12.7. The van der Waals surface area contributed by atoms with Gasteiger partial charge in [-0.05, 0) is 50.4 Å². The highest BCUT2D eigenvalue weighted by Gasteiger charge is 2.25. The second-order valence-corrected chi connectivity index (χ2v) is 7.65. The lowest BCUT2D eigenvalue weighted by Gasteiger charge is -2.22. The molecule has 1 aromatic rings. The number of nitrogens with zero attached hydrogens (tertiary/aromatic N) is 1. The van der Waals surface area contributed by atoms with Gasteiger partial charge in [-0.3, -0.25) is 9.59 Å². The molecule has 3 unspecified atom stereocenters. The van der Waals surface area contributed by atoms with Gasteiger partial charge in [-0.25, -0.2) is 0 Å². The highest BCUT2D eigenvalue weighted by atomic mass is 16.2. The number of carbonyl (C=O) groups is 3. The molecule has 1 aromatic carbocycles. The predicted molar refractivity (Wildman–Crippen MR) is 117 cm³/mol. The SMILES string of the molecule is CNCCC(C=O)CC(C#N)NC(=O)C(CC(C)C)NC(=O)/C=C/c1ccccc1. The molecule has 3 N–H and O–H groups in total. The van der Waals surface area contributed by atoms with Crippen molar-refractivity contribution in [1.29, 1.82) is 5.26 Å². The van der Waals surface area contributed by atoms with Crippen LogP contribution in [-0.4, -0.2) is 43.8 Å². The van der Waals surface area contributed by atoms with Gasteiger partial charge in [0.1, 0.15) is 18.4 Å². The van der Waals surface area contributed by atoms with Crippen LogP contribution in [0.1, 0.15) is 38.7 Å². The topological polar surface area (TPSA) is 111 Å². The lowest BCUT2D eigenvalue weighted by Crippen LogP contribution is -2.50. The van der Waals surface area contributed by atoms with E-state index >= 15 is 0 Å². The van der Waals surface area contributed by atoms with Crippen LogP contribution in [0.5, 0.6) is 0 Å². The van der Waals surface area contributed by atoms with Gasteiger partial charge in [0, 0.05) is 12.0 Å². The third-order valence-electron chi connectivity index (χ3n) is 4.54. The van der Waals surface area contributed by atoms with Gasteiger partial charge in [0.15, 0.2) is 0 Å². The summed E-state index contributed by atoms with van der Waals surface area (Å²) in [6, 6.07) is 9.86. The number of aldehydes is 1. The van der Waals surface area contributed by atoms with Crippen LogP contribution in [-0.2, 0) is 14.4 Å². The van der Waals surface area contributed by atoms with Crippen LogP contribution < -0.4 is 16.0 Å². The van der Waals surface area contributed by atoms with Gasteiger partial charge in [-0.1, -0.05) is 44.2 Å². The molecule has 0 saturated heterocycles.